The number of carbonyl (C=O) groups is 1. The van der Waals surface area contributed by atoms with Gasteiger partial charge in [-0.3, -0.25) is 4.79 Å². The van der Waals surface area contributed by atoms with Crippen LogP contribution in [-0.4, -0.2) is 12.9 Å². The molecule has 0 N–H and O–H groups in total. The van der Waals surface area contributed by atoms with E-state index >= 15 is 0 Å². The van der Waals surface area contributed by atoms with Gasteiger partial charge in [-0.05, 0) is 18.2 Å². The minimum Gasteiger partial charge on any atom is -0.497 e. The molecule has 0 unspecified atom stereocenters. The van der Waals surface area contributed by atoms with Crippen molar-refractivity contribution in [1.29, 1.82) is 0 Å². The minimum absolute atomic E-state index is 0.140. The van der Waals surface area contributed by atoms with Gasteiger partial charge in [0, 0.05) is 11.1 Å². The van der Waals surface area contributed by atoms with Gasteiger partial charge in [0.25, 0.3) is 0 Å². The Kier molecular flexibility index (Phi) is 0.873. The van der Waals surface area contributed by atoms with Gasteiger partial charge in [0.15, 0.2) is 5.78 Å². The molecule has 1 aromatic carbocycles. The molecule has 0 amide bonds. The van der Waals surface area contributed by atoms with Crippen LogP contribution in [0.25, 0.3) is 0 Å². The summed E-state index contributed by atoms with van der Waals surface area (Å²) in [5.41, 5.74) is 1.52. The fraction of sp³-hybridized carbons (Fsp3) is 0.125. The zero-order valence-corrected chi connectivity index (χ0v) is 5.55. The monoisotopic (exact) mass is 134 g/mol. The Morgan fingerprint density at radius 2 is 1.80 bits per heavy atom. The van der Waals surface area contributed by atoms with E-state index in [1.165, 1.54) is 0 Å². The van der Waals surface area contributed by atoms with Crippen LogP contribution in [0.4, 0.5) is 0 Å². The van der Waals surface area contributed by atoms with Gasteiger partial charge in [0.2, 0.25) is 0 Å². The number of hydrogen-bond donors (Lipinski definition) is 0. The van der Waals surface area contributed by atoms with Gasteiger partial charge in [0.05, 0.1) is 7.11 Å². The van der Waals surface area contributed by atoms with Gasteiger partial charge in [-0.15, -0.1) is 0 Å². The predicted octanol–water partition coefficient (Wildman–Crippen LogP) is 1.24. The van der Waals surface area contributed by atoms with Crippen molar-refractivity contribution in [3.8, 4) is 5.75 Å². The highest BCUT2D eigenvalue weighted by Crippen LogP contribution is 2.27. The van der Waals surface area contributed by atoms with E-state index in [9.17, 15) is 4.79 Å². The first-order valence-corrected chi connectivity index (χ1v) is 3.05. The Labute approximate surface area is 58.4 Å². The molecule has 0 saturated heterocycles. The molecule has 0 fully saturated rings. The zero-order valence-electron chi connectivity index (χ0n) is 5.55. The normalized spacial score (nSPS) is 12.7. The SMILES string of the molecule is COc1cc2cc(c1)C2=O. The lowest BCUT2D eigenvalue weighted by Crippen LogP contribution is -2.12. The van der Waals surface area contributed by atoms with E-state index in [0.717, 1.165) is 16.9 Å². The fourth-order valence-corrected chi connectivity index (χ4v) is 1.07. The lowest BCUT2D eigenvalue weighted by atomic mass is 9.91. The largest absolute Gasteiger partial charge is 0.497 e. The molecule has 2 nitrogen and oxygen atoms in total. The van der Waals surface area contributed by atoms with Gasteiger partial charge < -0.3 is 4.74 Å². The maximum absolute atomic E-state index is 10.9. The van der Waals surface area contributed by atoms with E-state index in [0.29, 0.717) is 0 Å². The quantitative estimate of drug-likeness (QED) is 0.586. The highest BCUT2D eigenvalue weighted by atomic mass is 16.5. The summed E-state index contributed by atoms with van der Waals surface area (Å²) in [6.45, 7) is 0. The van der Waals surface area contributed by atoms with Crippen LogP contribution >= 0.6 is 0 Å². The molecule has 0 saturated carbocycles. The van der Waals surface area contributed by atoms with Crippen LogP contribution in [0.2, 0.25) is 0 Å². The number of carbonyl (C=O) groups excluding carboxylic acids is 1. The number of hydrogen-bond acceptors (Lipinski definition) is 2. The molecule has 2 bridgehead atoms. The summed E-state index contributed by atoms with van der Waals surface area (Å²) in [5, 5.41) is 0. The van der Waals surface area contributed by atoms with Crippen molar-refractivity contribution in [2.75, 3.05) is 7.11 Å². The van der Waals surface area contributed by atoms with Crippen LogP contribution in [0.15, 0.2) is 18.2 Å². The van der Waals surface area contributed by atoms with Gasteiger partial charge in [-0.1, -0.05) is 0 Å². The van der Waals surface area contributed by atoms with E-state index in [2.05, 4.69) is 0 Å². The van der Waals surface area contributed by atoms with E-state index in [4.69, 9.17) is 4.74 Å². The smallest absolute Gasteiger partial charge is 0.193 e. The molecule has 50 valence electrons. The molecule has 2 aliphatic carbocycles. The third-order valence-electron chi connectivity index (χ3n) is 1.67. The van der Waals surface area contributed by atoms with Crippen molar-refractivity contribution in [3.05, 3.63) is 29.3 Å². The molecule has 0 aliphatic heterocycles. The van der Waals surface area contributed by atoms with Crippen LogP contribution in [0.5, 0.6) is 5.75 Å². The lowest BCUT2D eigenvalue weighted by molar-refractivity contribution is 0.102. The number of rotatable bonds is 1. The maximum Gasteiger partial charge on any atom is 0.193 e. The van der Waals surface area contributed by atoms with Gasteiger partial charge in [-0.2, -0.15) is 0 Å². The second kappa shape index (κ2) is 1.59. The fourth-order valence-electron chi connectivity index (χ4n) is 1.07. The van der Waals surface area contributed by atoms with Crippen LogP contribution in [0.3, 0.4) is 0 Å². The van der Waals surface area contributed by atoms with Crippen molar-refractivity contribution >= 4 is 5.78 Å². The number of methoxy groups -OCH3 is 1. The average Bonchev–Trinajstić information content (AvgIpc) is 2.04. The van der Waals surface area contributed by atoms with E-state index in [1.807, 2.05) is 6.07 Å². The van der Waals surface area contributed by atoms with Crippen molar-refractivity contribution in [2.24, 2.45) is 0 Å². The Morgan fingerprint density at radius 1 is 1.20 bits per heavy atom. The minimum atomic E-state index is 0.140. The Morgan fingerprint density at radius 3 is 2.20 bits per heavy atom. The summed E-state index contributed by atoms with van der Waals surface area (Å²) in [4.78, 5) is 10.9. The number of ether oxygens (including phenoxy) is 1. The zero-order chi connectivity index (χ0) is 7.14. The average molecular weight is 134 g/mol. The maximum atomic E-state index is 10.9. The van der Waals surface area contributed by atoms with Crippen molar-refractivity contribution < 1.29 is 9.53 Å². The topological polar surface area (TPSA) is 26.3 Å². The second-order valence-electron chi connectivity index (χ2n) is 2.28. The summed E-state index contributed by atoms with van der Waals surface area (Å²) in [5.74, 6) is 0.910. The van der Waals surface area contributed by atoms with E-state index in [-0.39, 0.29) is 5.78 Å². The number of fused-ring (bicyclic) bond motifs is 2. The Balaban J connectivity index is 2.54. The summed E-state index contributed by atoms with van der Waals surface area (Å²) < 4.78 is 4.93. The first-order chi connectivity index (χ1) is 4.81. The molecule has 0 heterocycles. The molecule has 0 atom stereocenters. The molecule has 0 radical (unpaired) electrons. The van der Waals surface area contributed by atoms with E-state index < -0.39 is 0 Å². The van der Waals surface area contributed by atoms with Gasteiger partial charge in [0.1, 0.15) is 5.75 Å². The van der Waals surface area contributed by atoms with Crippen LogP contribution in [0.1, 0.15) is 15.9 Å². The summed E-state index contributed by atoms with van der Waals surface area (Å²) >= 11 is 0. The van der Waals surface area contributed by atoms with Crippen LogP contribution in [0, 0.1) is 0 Å². The first kappa shape index (κ1) is 5.47. The number of benzene rings is 1. The number of ketones is 1. The molecule has 2 heteroatoms. The molecule has 1 aromatic rings. The second-order valence-corrected chi connectivity index (χ2v) is 2.28. The Hall–Kier alpha value is -1.31. The summed E-state index contributed by atoms with van der Waals surface area (Å²) in [6, 6.07) is 5.34. The Bertz CT molecular complexity index is 278. The molecule has 3 rings (SSSR count). The standard InChI is InChI=1S/C8H6O2/c1-10-7-3-5-2-6(4-7)8(5)9/h2-4H,1H3. The first-order valence-electron chi connectivity index (χ1n) is 3.05. The third kappa shape index (κ3) is 0.506. The molecular formula is C8H6O2. The summed E-state index contributed by atoms with van der Waals surface area (Å²) in [7, 11) is 1.60. The van der Waals surface area contributed by atoms with Crippen molar-refractivity contribution in [3.63, 3.8) is 0 Å². The third-order valence-corrected chi connectivity index (χ3v) is 1.67. The van der Waals surface area contributed by atoms with Crippen LogP contribution < -0.4 is 4.74 Å². The molecule has 0 aromatic heterocycles. The molecule has 2 aliphatic rings. The predicted molar refractivity (Wildman–Crippen MR) is 36.4 cm³/mol. The summed E-state index contributed by atoms with van der Waals surface area (Å²) in [6.07, 6.45) is 0. The van der Waals surface area contributed by atoms with Crippen molar-refractivity contribution in [2.45, 2.75) is 0 Å². The van der Waals surface area contributed by atoms with Gasteiger partial charge >= 0.3 is 0 Å². The van der Waals surface area contributed by atoms with Crippen molar-refractivity contribution in [1.82, 2.24) is 0 Å². The molecule has 0 spiro atoms. The van der Waals surface area contributed by atoms with E-state index in [1.54, 1.807) is 19.2 Å². The van der Waals surface area contributed by atoms with Gasteiger partial charge in [-0.25, -0.2) is 0 Å². The molecular weight excluding hydrogens is 128 g/mol. The highest BCUT2D eigenvalue weighted by Gasteiger charge is 2.21. The lowest BCUT2D eigenvalue weighted by Gasteiger charge is -2.14. The van der Waals surface area contributed by atoms with Crippen LogP contribution in [-0.2, 0) is 0 Å². The molecule has 10 heavy (non-hydrogen) atoms. The highest BCUT2D eigenvalue weighted by molar-refractivity contribution is 6.16.